The SMILES string of the molecule is CCSc1ccc(CNCC2(C#N)COC2)cc1. The summed E-state index contributed by atoms with van der Waals surface area (Å²) in [6.45, 7) is 4.78. The third-order valence-corrected chi connectivity index (χ3v) is 3.91. The van der Waals surface area contributed by atoms with E-state index in [-0.39, 0.29) is 5.41 Å². The van der Waals surface area contributed by atoms with Gasteiger partial charge in [0.05, 0.1) is 19.3 Å². The third-order valence-electron chi connectivity index (χ3n) is 3.02. The molecule has 1 N–H and O–H groups in total. The molecule has 1 aromatic carbocycles. The van der Waals surface area contributed by atoms with E-state index in [4.69, 9.17) is 10.00 Å². The molecule has 0 radical (unpaired) electrons. The van der Waals surface area contributed by atoms with Crippen molar-refractivity contribution < 1.29 is 4.74 Å². The van der Waals surface area contributed by atoms with Crippen molar-refractivity contribution in [2.75, 3.05) is 25.5 Å². The first-order valence-corrected chi connectivity index (χ1v) is 7.18. The normalized spacial score (nSPS) is 16.9. The van der Waals surface area contributed by atoms with Crippen LogP contribution in [0.15, 0.2) is 29.2 Å². The van der Waals surface area contributed by atoms with Crippen molar-refractivity contribution in [3.05, 3.63) is 29.8 Å². The molecule has 0 aromatic heterocycles. The quantitative estimate of drug-likeness (QED) is 0.800. The van der Waals surface area contributed by atoms with Crippen LogP contribution >= 0.6 is 11.8 Å². The van der Waals surface area contributed by atoms with Crippen LogP contribution in [-0.4, -0.2) is 25.5 Å². The predicted molar refractivity (Wildman–Crippen MR) is 73.4 cm³/mol. The maximum absolute atomic E-state index is 9.06. The number of thioether (sulfide) groups is 1. The molecule has 3 nitrogen and oxygen atoms in total. The zero-order chi connectivity index (χ0) is 12.8. The Balaban J connectivity index is 1.78. The zero-order valence-electron chi connectivity index (χ0n) is 10.6. The molecule has 0 atom stereocenters. The summed E-state index contributed by atoms with van der Waals surface area (Å²) in [6, 6.07) is 10.9. The fourth-order valence-corrected chi connectivity index (χ4v) is 2.53. The number of benzene rings is 1. The molecule has 1 heterocycles. The van der Waals surface area contributed by atoms with Gasteiger partial charge in [-0.1, -0.05) is 19.1 Å². The molecule has 2 rings (SSSR count). The van der Waals surface area contributed by atoms with Gasteiger partial charge >= 0.3 is 0 Å². The summed E-state index contributed by atoms with van der Waals surface area (Å²) in [7, 11) is 0. The lowest BCUT2D eigenvalue weighted by atomic mass is 9.88. The molecule has 96 valence electrons. The van der Waals surface area contributed by atoms with E-state index < -0.39 is 0 Å². The van der Waals surface area contributed by atoms with Gasteiger partial charge < -0.3 is 10.1 Å². The molecule has 0 aliphatic carbocycles. The maximum atomic E-state index is 9.06. The molecule has 0 saturated carbocycles. The number of nitrogens with zero attached hydrogens (tertiary/aromatic N) is 1. The molecule has 0 spiro atoms. The standard InChI is InChI=1S/C14H18N2OS/c1-2-18-13-5-3-12(4-6-13)7-16-9-14(8-15)10-17-11-14/h3-6,16H,2,7,9-11H2,1H3. The lowest BCUT2D eigenvalue weighted by Crippen LogP contribution is -2.48. The Morgan fingerprint density at radius 1 is 1.39 bits per heavy atom. The van der Waals surface area contributed by atoms with E-state index in [2.05, 4.69) is 42.6 Å². The van der Waals surface area contributed by atoms with Gasteiger partial charge in [0.1, 0.15) is 5.41 Å². The number of ether oxygens (including phenoxy) is 1. The van der Waals surface area contributed by atoms with Crippen LogP contribution in [0.4, 0.5) is 0 Å². The van der Waals surface area contributed by atoms with Gasteiger partial charge in [0.15, 0.2) is 0 Å². The minimum absolute atomic E-state index is 0.294. The lowest BCUT2D eigenvalue weighted by Gasteiger charge is -2.35. The van der Waals surface area contributed by atoms with Crippen LogP contribution in [0.25, 0.3) is 0 Å². The maximum Gasteiger partial charge on any atom is 0.116 e. The van der Waals surface area contributed by atoms with Crippen molar-refractivity contribution >= 4 is 11.8 Å². The van der Waals surface area contributed by atoms with Gasteiger partial charge in [-0.3, -0.25) is 0 Å². The molecule has 4 heteroatoms. The molecule has 0 amide bonds. The summed E-state index contributed by atoms with van der Waals surface area (Å²) < 4.78 is 5.11. The van der Waals surface area contributed by atoms with E-state index in [1.165, 1.54) is 10.5 Å². The van der Waals surface area contributed by atoms with Crippen LogP contribution in [0.5, 0.6) is 0 Å². The average Bonchev–Trinajstić information content (AvgIpc) is 2.35. The first-order valence-electron chi connectivity index (χ1n) is 6.19. The van der Waals surface area contributed by atoms with Crippen LogP contribution < -0.4 is 5.32 Å². The highest BCUT2D eigenvalue weighted by atomic mass is 32.2. The molecular weight excluding hydrogens is 244 g/mol. The van der Waals surface area contributed by atoms with E-state index >= 15 is 0 Å². The molecule has 1 aliphatic heterocycles. The Bertz CT molecular complexity index is 420. The Kier molecular flexibility index (Phi) is 4.65. The van der Waals surface area contributed by atoms with E-state index in [1.54, 1.807) is 0 Å². The van der Waals surface area contributed by atoms with E-state index in [1.807, 2.05) is 11.8 Å². The van der Waals surface area contributed by atoms with Crippen molar-refractivity contribution in [3.8, 4) is 6.07 Å². The number of hydrogen-bond acceptors (Lipinski definition) is 4. The minimum atomic E-state index is -0.294. The molecule has 1 aromatic rings. The smallest absolute Gasteiger partial charge is 0.116 e. The monoisotopic (exact) mass is 262 g/mol. The molecule has 0 unspecified atom stereocenters. The first kappa shape index (κ1) is 13.4. The van der Waals surface area contributed by atoms with Crippen molar-refractivity contribution in [3.63, 3.8) is 0 Å². The summed E-state index contributed by atoms with van der Waals surface area (Å²) in [5, 5.41) is 12.4. The van der Waals surface area contributed by atoms with Crippen molar-refractivity contribution in [1.29, 1.82) is 5.26 Å². The molecular formula is C14H18N2OS. The molecule has 0 bridgehead atoms. The highest BCUT2D eigenvalue weighted by Crippen LogP contribution is 2.25. The largest absolute Gasteiger partial charge is 0.378 e. The Morgan fingerprint density at radius 2 is 2.11 bits per heavy atom. The zero-order valence-corrected chi connectivity index (χ0v) is 11.4. The van der Waals surface area contributed by atoms with Gasteiger partial charge in [0, 0.05) is 18.0 Å². The van der Waals surface area contributed by atoms with Crippen LogP contribution in [0.1, 0.15) is 12.5 Å². The van der Waals surface area contributed by atoms with Crippen LogP contribution in [-0.2, 0) is 11.3 Å². The molecule has 1 aliphatic rings. The van der Waals surface area contributed by atoms with Crippen LogP contribution in [0.3, 0.4) is 0 Å². The van der Waals surface area contributed by atoms with Crippen LogP contribution in [0.2, 0.25) is 0 Å². The highest BCUT2D eigenvalue weighted by molar-refractivity contribution is 7.99. The molecule has 1 saturated heterocycles. The van der Waals surface area contributed by atoms with Gasteiger partial charge in [-0.25, -0.2) is 0 Å². The van der Waals surface area contributed by atoms with E-state index in [9.17, 15) is 0 Å². The summed E-state index contributed by atoms with van der Waals surface area (Å²) in [5.41, 5.74) is 0.960. The number of hydrogen-bond donors (Lipinski definition) is 1. The molecule has 18 heavy (non-hydrogen) atoms. The number of rotatable bonds is 6. The number of nitrogens with one attached hydrogen (secondary N) is 1. The lowest BCUT2D eigenvalue weighted by molar-refractivity contribution is -0.0755. The first-order chi connectivity index (χ1) is 8.78. The minimum Gasteiger partial charge on any atom is -0.378 e. The fraction of sp³-hybridized carbons (Fsp3) is 0.500. The second-order valence-corrected chi connectivity index (χ2v) is 5.90. The van der Waals surface area contributed by atoms with Gasteiger partial charge in [-0.05, 0) is 23.4 Å². The summed E-state index contributed by atoms with van der Waals surface area (Å²) in [6.07, 6.45) is 0. The average molecular weight is 262 g/mol. The van der Waals surface area contributed by atoms with Gasteiger partial charge in [-0.2, -0.15) is 5.26 Å². The summed E-state index contributed by atoms with van der Waals surface area (Å²) in [5.74, 6) is 1.10. The van der Waals surface area contributed by atoms with Gasteiger partial charge in [0.2, 0.25) is 0 Å². The Morgan fingerprint density at radius 3 is 2.61 bits per heavy atom. The van der Waals surface area contributed by atoms with Crippen LogP contribution in [0, 0.1) is 16.7 Å². The Hall–Kier alpha value is -1.02. The Labute approximate surface area is 113 Å². The van der Waals surface area contributed by atoms with Gasteiger partial charge in [-0.15, -0.1) is 11.8 Å². The summed E-state index contributed by atoms with van der Waals surface area (Å²) in [4.78, 5) is 1.31. The van der Waals surface area contributed by atoms with Gasteiger partial charge in [0.25, 0.3) is 0 Å². The topological polar surface area (TPSA) is 45.0 Å². The second-order valence-electron chi connectivity index (χ2n) is 4.57. The highest BCUT2D eigenvalue weighted by Gasteiger charge is 2.38. The summed E-state index contributed by atoms with van der Waals surface area (Å²) >= 11 is 1.85. The fourth-order valence-electron chi connectivity index (χ4n) is 1.87. The third kappa shape index (κ3) is 3.26. The van der Waals surface area contributed by atoms with E-state index in [0.717, 1.165) is 12.3 Å². The molecule has 1 fully saturated rings. The van der Waals surface area contributed by atoms with E-state index in [0.29, 0.717) is 19.8 Å². The van der Waals surface area contributed by atoms with Crippen molar-refractivity contribution in [2.45, 2.75) is 18.4 Å². The second kappa shape index (κ2) is 6.24. The van der Waals surface area contributed by atoms with Crippen molar-refractivity contribution in [1.82, 2.24) is 5.32 Å². The number of nitriles is 1. The van der Waals surface area contributed by atoms with Crippen molar-refractivity contribution in [2.24, 2.45) is 5.41 Å². The predicted octanol–water partition coefficient (Wildman–Crippen LogP) is 2.43.